The number of benzene rings is 3. The lowest BCUT2D eigenvalue weighted by Crippen LogP contribution is -2.52. The predicted octanol–water partition coefficient (Wildman–Crippen LogP) is 5.00. The monoisotopic (exact) mass is 520 g/mol. The lowest BCUT2D eigenvalue weighted by atomic mass is 9.95. The number of aliphatic hydroxyl groups is 1. The molecule has 37 heavy (non-hydrogen) atoms. The highest BCUT2D eigenvalue weighted by molar-refractivity contribution is 6.32. The van der Waals surface area contributed by atoms with Crippen molar-refractivity contribution in [3.63, 3.8) is 0 Å². The SMILES string of the molecule is COCCOc1cc(C=Cc2cccc(-c3ccccc3)c2C#N)c(CNC(C)(CO)C(=O)O)cc1Cl. The Morgan fingerprint density at radius 2 is 1.84 bits per heavy atom. The van der Waals surface area contributed by atoms with Crippen molar-refractivity contribution in [2.45, 2.75) is 19.0 Å². The molecule has 0 aliphatic carbocycles. The molecular weight excluding hydrogens is 492 g/mol. The van der Waals surface area contributed by atoms with E-state index in [1.165, 1.54) is 6.92 Å². The van der Waals surface area contributed by atoms with Crippen molar-refractivity contribution in [3.8, 4) is 22.9 Å². The van der Waals surface area contributed by atoms with Crippen LogP contribution in [0.15, 0.2) is 60.7 Å². The number of methoxy groups -OCH3 is 1. The summed E-state index contributed by atoms with van der Waals surface area (Å²) in [5.74, 6) is -0.724. The van der Waals surface area contributed by atoms with Gasteiger partial charge in [-0.3, -0.25) is 10.1 Å². The second kappa shape index (κ2) is 13.0. The standard InChI is InChI=1S/C29H29ClN2O5/c1-29(19-33,28(34)35)32-18-23-15-26(30)27(37-14-13-36-2)16-22(23)12-11-21-9-6-10-24(25(21)17-31)20-7-4-3-5-8-20/h3-12,15-16,32-33H,13-14,18-19H2,1-2H3,(H,34,35). The molecule has 0 aliphatic rings. The Morgan fingerprint density at radius 3 is 2.49 bits per heavy atom. The summed E-state index contributed by atoms with van der Waals surface area (Å²) in [6, 6.07) is 21.1. The van der Waals surface area contributed by atoms with Crippen molar-refractivity contribution in [1.29, 1.82) is 5.26 Å². The second-order valence-electron chi connectivity index (χ2n) is 8.55. The van der Waals surface area contributed by atoms with Gasteiger partial charge >= 0.3 is 5.97 Å². The maximum Gasteiger partial charge on any atom is 0.326 e. The normalized spacial score (nSPS) is 12.7. The van der Waals surface area contributed by atoms with Crippen LogP contribution in [0.2, 0.25) is 5.02 Å². The van der Waals surface area contributed by atoms with Crippen LogP contribution in [0.4, 0.5) is 0 Å². The maximum atomic E-state index is 11.6. The smallest absolute Gasteiger partial charge is 0.326 e. The van der Waals surface area contributed by atoms with E-state index < -0.39 is 18.1 Å². The van der Waals surface area contributed by atoms with E-state index in [1.807, 2.05) is 60.7 Å². The number of nitrogens with one attached hydrogen (secondary N) is 1. The third-order valence-electron chi connectivity index (χ3n) is 5.93. The molecule has 3 aromatic rings. The third-order valence-corrected chi connectivity index (χ3v) is 6.23. The number of aliphatic carboxylic acids is 1. The van der Waals surface area contributed by atoms with Gasteiger partial charge in [-0.15, -0.1) is 0 Å². The number of carbonyl (C=O) groups is 1. The van der Waals surface area contributed by atoms with Crippen LogP contribution >= 0.6 is 11.6 Å². The van der Waals surface area contributed by atoms with E-state index in [-0.39, 0.29) is 6.54 Å². The van der Waals surface area contributed by atoms with Gasteiger partial charge in [-0.05, 0) is 41.3 Å². The molecule has 1 unspecified atom stereocenters. The number of hydrogen-bond acceptors (Lipinski definition) is 6. The molecule has 0 spiro atoms. The van der Waals surface area contributed by atoms with Crippen LogP contribution in [0.5, 0.6) is 5.75 Å². The molecule has 0 bridgehead atoms. The lowest BCUT2D eigenvalue weighted by molar-refractivity contribution is -0.145. The van der Waals surface area contributed by atoms with Crippen LogP contribution in [0.1, 0.15) is 29.2 Å². The molecule has 7 nitrogen and oxygen atoms in total. The van der Waals surface area contributed by atoms with Crippen LogP contribution in [0, 0.1) is 11.3 Å². The zero-order valence-corrected chi connectivity index (χ0v) is 21.5. The number of halogens is 1. The van der Waals surface area contributed by atoms with E-state index in [0.29, 0.717) is 40.7 Å². The summed E-state index contributed by atoms with van der Waals surface area (Å²) < 4.78 is 10.8. The molecule has 3 aromatic carbocycles. The van der Waals surface area contributed by atoms with Crippen molar-refractivity contribution in [3.05, 3.63) is 87.9 Å². The summed E-state index contributed by atoms with van der Waals surface area (Å²) in [5, 5.41) is 32.3. The van der Waals surface area contributed by atoms with Crippen LogP contribution in [-0.2, 0) is 16.1 Å². The van der Waals surface area contributed by atoms with Gasteiger partial charge in [-0.2, -0.15) is 5.26 Å². The van der Waals surface area contributed by atoms with E-state index in [1.54, 1.807) is 19.2 Å². The average Bonchev–Trinajstić information content (AvgIpc) is 2.92. The first kappa shape index (κ1) is 27.9. The fraction of sp³-hybridized carbons (Fsp3) is 0.241. The fourth-order valence-electron chi connectivity index (χ4n) is 3.63. The van der Waals surface area contributed by atoms with Gasteiger partial charge in [0.05, 0.1) is 23.8 Å². The zero-order valence-electron chi connectivity index (χ0n) is 20.7. The molecule has 0 aromatic heterocycles. The van der Waals surface area contributed by atoms with Crippen LogP contribution in [-0.4, -0.2) is 48.7 Å². The summed E-state index contributed by atoms with van der Waals surface area (Å²) in [7, 11) is 1.57. The number of hydrogen-bond donors (Lipinski definition) is 3. The molecule has 0 amide bonds. The fourth-order valence-corrected chi connectivity index (χ4v) is 3.87. The third kappa shape index (κ3) is 6.97. The van der Waals surface area contributed by atoms with E-state index in [2.05, 4.69) is 11.4 Å². The van der Waals surface area contributed by atoms with Crippen molar-refractivity contribution in [2.75, 3.05) is 26.9 Å². The number of carboxylic acids is 1. The number of nitrogens with zero attached hydrogens (tertiary/aromatic N) is 1. The highest BCUT2D eigenvalue weighted by atomic mass is 35.5. The summed E-state index contributed by atoms with van der Waals surface area (Å²) in [5.41, 5.74) is 2.91. The highest BCUT2D eigenvalue weighted by Crippen LogP contribution is 2.31. The quantitative estimate of drug-likeness (QED) is 0.227. The molecule has 0 heterocycles. The zero-order chi connectivity index (χ0) is 26.8. The lowest BCUT2D eigenvalue weighted by Gasteiger charge is -2.24. The predicted molar refractivity (Wildman–Crippen MR) is 144 cm³/mol. The van der Waals surface area contributed by atoms with Gasteiger partial charge in [0.15, 0.2) is 0 Å². The first-order chi connectivity index (χ1) is 17.8. The van der Waals surface area contributed by atoms with E-state index in [0.717, 1.165) is 16.7 Å². The van der Waals surface area contributed by atoms with Gasteiger partial charge < -0.3 is 19.7 Å². The topological polar surface area (TPSA) is 112 Å². The largest absolute Gasteiger partial charge is 0.490 e. The van der Waals surface area contributed by atoms with Crippen LogP contribution < -0.4 is 10.1 Å². The van der Waals surface area contributed by atoms with Crippen molar-refractivity contribution >= 4 is 29.7 Å². The van der Waals surface area contributed by atoms with Gasteiger partial charge in [0.25, 0.3) is 0 Å². The molecule has 0 saturated carbocycles. The minimum absolute atomic E-state index is 0.121. The Bertz CT molecular complexity index is 1300. The Kier molecular flexibility index (Phi) is 9.84. The Balaban J connectivity index is 2.02. The van der Waals surface area contributed by atoms with Gasteiger partial charge in [0.2, 0.25) is 0 Å². The molecular formula is C29H29ClN2O5. The molecule has 1 atom stereocenters. The maximum absolute atomic E-state index is 11.6. The number of ether oxygens (including phenoxy) is 2. The Morgan fingerprint density at radius 1 is 1.11 bits per heavy atom. The first-order valence-electron chi connectivity index (χ1n) is 11.6. The summed E-state index contributed by atoms with van der Waals surface area (Å²) in [4.78, 5) is 11.6. The molecule has 0 aliphatic heterocycles. The molecule has 192 valence electrons. The molecule has 8 heteroatoms. The minimum Gasteiger partial charge on any atom is -0.490 e. The average molecular weight is 521 g/mol. The highest BCUT2D eigenvalue weighted by Gasteiger charge is 2.31. The molecule has 0 fully saturated rings. The van der Waals surface area contributed by atoms with Gasteiger partial charge in [0.1, 0.15) is 24.0 Å². The Hall–Kier alpha value is -3.67. The number of carboxylic acid groups (broad SMARTS) is 1. The van der Waals surface area contributed by atoms with E-state index in [4.69, 9.17) is 21.1 Å². The van der Waals surface area contributed by atoms with E-state index >= 15 is 0 Å². The first-order valence-corrected chi connectivity index (χ1v) is 12.0. The van der Waals surface area contributed by atoms with Crippen LogP contribution in [0.3, 0.4) is 0 Å². The summed E-state index contributed by atoms with van der Waals surface area (Å²) >= 11 is 6.45. The molecule has 0 saturated heterocycles. The van der Waals surface area contributed by atoms with Crippen molar-refractivity contribution < 1.29 is 24.5 Å². The molecule has 3 rings (SSSR count). The van der Waals surface area contributed by atoms with Crippen LogP contribution in [0.25, 0.3) is 23.3 Å². The van der Waals surface area contributed by atoms with Gasteiger partial charge in [-0.1, -0.05) is 72.3 Å². The molecule has 0 radical (unpaired) electrons. The van der Waals surface area contributed by atoms with Crippen molar-refractivity contribution in [2.24, 2.45) is 0 Å². The summed E-state index contributed by atoms with van der Waals surface area (Å²) in [6.07, 6.45) is 3.66. The second-order valence-corrected chi connectivity index (χ2v) is 8.96. The summed E-state index contributed by atoms with van der Waals surface area (Å²) in [6.45, 7) is 1.63. The number of nitriles is 1. The number of aliphatic hydroxyl groups excluding tert-OH is 1. The van der Waals surface area contributed by atoms with E-state index in [9.17, 15) is 20.3 Å². The number of rotatable bonds is 12. The Labute approximate surface area is 221 Å². The minimum atomic E-state index is -1.53. The molecule has 3 N–H and O–H groups in total. The van der Waals surface area contributed by atoms with Gasteiger partial charge in [-0.25, -0.2) is 0 Å². The van der Waals surface area contributed by atoms with Crippen molar-refractivity contribution in [1.82, 2.24) is 5.32 Å². The van der Waals surface area contributed by atoms with Gasteiger partial charge in [0, 0.05) is 19.2 Å².